The minimum absolute atomic E-state index is 0. The van der Waals surface area contributed by atoms with Crippen molar-refractivity contribution in [3.05, 3.63) is 53.3 Å². The fourth-order valence-electron chi connectivity index (χ4n) is 2.80. The molecule has 0 saturated heterocycles. The lowest BCUT2D eigenvalue weighted by molar-refractivity contribution is 0.268. The van der Waals surface area contributed by atoms with Crippen molar-refractivity contribution in [2.24, 2.45) is 4.99 Å². The van der Waals surface area contributed by atoms with E-state index in [1.165, 1.54) is 0 Å². The molecular formula is C23H35IN4O2. The molecule has 0 amide bonds. The molecule has 166 valence electrons. The molecule has 30 heavy (non-hydrogen) atoms. The second-order valence-electron chi connectivity index (χ2n) is 6.96. The average Bonchev–Trinajstić information content (AvgIpc) is 2.74. The number of aromatic nitrogens is 1. The van der Waals surface area contributed by atoms with Crippen molar-refractivity contribution in [2.75, 3.05) is 20.3 Å². The lowest BCUT2D eigenvalue weighted by Crippen LogP contribution is -2.38. The first-order valence-corrected chi connectivity index (χ1v) is 10.4. The number of benzene rings is 1. The Bertz CT molecular complexity index is 799. The minimum Gasteiger partial charge on any atom is -0.490 e. The van der Waals surface area contributed by atoms with Gasteiger partial charge in [-0.15, -0.1) is 24.0 Å². The summed E-state index contributed by atoms with van der Waals surface area (Å²) in [4.78, 5) is 8.76. The molecule has 2 rings (SSSR count). The normalized spacial score (nSPS) is 12.0. The highest BCUT2D eigenvalue weighted by Gasteiger charge is 2.13. The van der Waals surface area contributed by atoms with Crippen molar-refractivity contribution in [3.8, 4) is 11.5 Å². The van der Waals surface area contributed by atoms with Crippen LogP contribution in [0.25, 0.3) is 0 Å². The van der Waals surface area contributed by atoms with Gasteiger partial charge in [-0.3, -0.25) is 9.98 Å². The van der Waals surface area contributed by atoms with Gasteiger partial charge >= 0.3 is 0 Å². The Morgan fingerprint density at radius 3 is 2.43 bits per heavy atom. The second-order valence-corrected chi connectivity index (χ2v) is 6.96. The minimum atomic E-state index is 0. The van der Waals surface area contributed by atoms with Gasteiger partial charge in [0.05, 0.1) is 31.5 Å². The third kappa shape index (κ3) is 8.01. The molecule has 0 bridgehead atoms. The Labute approximate surface area is 197 Å². The lowest BCUT2D eigenvalue weighted by Gasteiger charge is -2.20. The average molecular weight is 526 g/mol. The monoisotopic (exact) mass is 526 g/mol. The number of aryl methyl sites for hydroxylation is 1. The summed E-state index contributed by atoms with van der Waals surface area (Å²) in [7, 11) is 1.77. The summed E-state index contributed by atoms with van der Waals surface area (Å²) in [6, 6.07) is 10.2. The van der Waals surface area contributed by atoms with Gasteiger partial charge in [-0.05, 0) is 56.0 Å². The summed E-state index contributed by atoms with van der Waals surface area (Å²) < 4.78 is 11.7. The molecular weight excluding hydrogens is 491 g/mol. The Morgan fingerprint density at radius 1 is 1.10 bits per heavy atom. The zero-order valence-electron chi connectivity index (χ0n) is 18.7. The van der Waals surface area contributed by atoms with Crippen LogP contribution in [-0.4, -0.2) is 31.2 Å². The van der Waals surface area contributed by atoms with Gasteiger partial charge in [-0.25, -0.2) is 0 Å². The third-order valence-corrected chi connectivity index (χ3v) is 4.51. The second kappa shape index (κ2) is 14.1. The molecule has 1 heterocycles. The SMILES string of the molecule is CCCOc1ccc(C(C)NC(=NC)NCc2ncccc2C)cc1OCCC.I. The maximum Gasteiger partial charge on any atom is 0.191 e. The van der Waals surface area contributed by atoms with Crippen molar-refractivity contribution in [1.29, 1.82) is 0 Å². The number of ether oxygens (including phenoxy) is 2. The highest BCUT2D eigenvalue weighted by Crippen LogP contribution is 2.31. The van der Waals surface area contributed by atoms with E-state index in [1.54, 1.807) is 7.05 Å². The van der Waals surface area contributed by atoms with Crippen LogP contribution in [0.3, 0.4) is 0 Å². The number of hydrogen-bond acceptors (Lipinski definition) is 4. The molecule has 0 aliphatic heterocycles. The van der Waals surface area contributed by atoms with E-state index < -0.39 is 0 Å². The van der Waals surface area contributed by atoms with E-state index in [1.807, 2.05) is 18.3 Å². The molecule has 0 aliphatic rings. The maximum absolute atomic E-state index is 5.92. The number of nitrogens with one attached hydrogen (secondary N) is 2. The van der Waals surface area contributed by atoms with Gasteiger partial charge in [0.1, 0.15) is 0 Å². The van der Waals surface area contributed by atoms with Crippen LogP contribution in [0.5, 0.6) is 11.5 Å². The molecule has 1 aromatic carbocycles. The van der Waals surface area contributed by atoms with Crippen molar-refractivity contribution < 1.29 is 9.47 Å². The molecule has 6 nitrogen and oxygen atoms in total. The molecule has 0 spiro atoms. The number of guanidine groups is 1. The zero-order valence-corrected chi connectivity index (χ0v) is 21.0. The Kier molecular flexibility index (Phi) is 12.2. The Morgan fingerprint density at radius 2 is 1.80 bits per heavy atom. The van der Waals surface area contributed by atoms with Crippen LogP contribution in [0.2, 0.25) is 0 Å². The fourth-order valence-corrected chi connectivity index (χ4v) is 2.80. The summed E-state index contributed by atoms with van der Waals surface area (Å²) in [5.41, 5.74) is 3.27. The molecule has 1 atom stereocenters. The largest absolute Gasteiger partial charge is 0.490 e. The maximum atomic E-state index is 5.92. The molecule has 1 unspecified atom stereocenters. The van der Waals surface area contributed by atoms with E-state index in [0.29, 0.717) is 19.8 Å². The zero-order chi connectivity index (χ0) is 21.1. The summed E-state index contributed by atoms with van der Waals surface area (Å²) in [6.07, 6.45) is 3.72. The van der Waals surface area contributed by atoms with E-state index in [2.05, 4.69) is 66.5 Å². The van der Waals surface area contributed by atoms with Crippen LogP contribution in [0.4, 0.5) is 0 Å². The van der Waals surface area contributed by atoms with Gasteiger partial charge in [0.2, 0.25) is 0 Å². The summed E-state index contributed by atoms with van der Waals surface area (Å²) in [6.45, 7) is 10.3. The standard InChI is InChI=1S/C23H34N4O2.HI/c1-6-13-28-21-11-10-19(15-22(21)29-14-7-2)18(4)27-23(24-5)26-16-20-17(3)9-8-12-25-20;/h8-12,15,18H,6-7,13-14,16H2,1-5H3,(H2,24,26,27);1H. The third-order valence-electron chi connectivity index (χ3n) is 4.51. The van der Waals surface area contributed by atoms with Crippen molar-refractivity contribution >= 4 is 29.9 Å². The van der Waals surface area contributed by atoms with E-state index >= 15 is 0 Å². The van der Waals surface area contributed by atoms with Gasteiger partial charge in [0, 0.05) is 13.2 Å². The summed E-state index contributed by atoms with van der Waals surface area (Å²) in [5.74, 6) is 2.31. The van der Waals surface area contributed by atoms with E-state index in [-0.39, 0.29) is 30.0 Å². The van der Waals surface area contributed by atoms with Crippen LogP contribution in [-0.2, 0) is 6.54 Å². The summed E-state index contributed by atoms with van der Waals surface area (Å²) >= 11 is 0. The quantitative estimate of drug-likeness (QED) is 0.259. The highest BCUT2D eigenvalue weighted by atomic mass is 127. The van der Waals surface area contributed by atoms with E-state index in [0.717, 1.165) is 47.1 Å². The summed E-state index contributed by atoms with van der Waals surface area (Å²) in [5, 5.41) is 6.77. The van der Waals surface area contributed by atoms with Crippen LogP contribution >= 0.6 is 24.0 Å². The molecule has 2 aromatic rings. The first-order chi connectivity index (χ1) is 14.1. The van der Waals surface area contributed by atoms with Gasteiger partial charge in [-0.1, -0.05) is 26.0 Å². The van der Waals surface area contributed by atoms with Crippen molar-refractivity contribution in [1.82, 2.24) is 15.6 Å². The van der Waals surface area contributed by atoms with Gasteiger partial charge in [-0.2, -0.15) is 0 Å². The number of halogens is 1. The smallest absolute Gasteiger partial charge is 0.191 e. The molecule has 0 radical (unpaired) electrons. The Hall–Kier alpha value is -2.03. The number of hydrogen-bond donors (Lipinski definition) is 2. The van der Waals surface area contributed by atoms with Crippen molar-refractivity contribution in [3.63, 3.8) is 0 Å². The first kappa shape index (κ1) is 26.0. The molecule has 0 fully saturated rings. The fraction of sp³-hybridized carbons (Fsp3) is 0.478. The number of aliphatic imine (C=N–C) groups is 1. The van der Waals surface area contributed by atoms with E-state index in [4.69, 9.17) is 9.47 Å². The topological polar surface area (TPSA) is 67.8 Å². The van der Waals surface area contributed by atoms with E-state index in [9.17, 15) is 0 Å². The lowest BCUT2D eigenvalue weighted by atomic mass is 10.1. The first-order valence-electron chi connectivity index (χ1n) is 10.4. The predicted octanol–water partition coefficient (Wildman–Crippen LogP) is 5.01. The van der Waals surface area contributed by atoms with Crippen LogP contribution in [0.1, 0.15) is 56.5 Å². The van der Waals surface area contributed by atoms with Crippen LogP contribution in [0, 0.1) is 6.92 Å². The predicted molar refractivity (Wildman–Crippen MR) is 134 cm³/mol. The van der Waals surface area contributed by atoms with Gasteiger partial charge < -0.3 is 20.1 Å². The number of pyridine rings is 1. The highest BCUT2D eigenvalue weighted by molar-refractivity contribution is 14.0. The van der Waals surface area contributed by atoms with Crippen molar-refractivity contribution in [2.45, 2.75) is 53.1 Å². The van der Waals surface area contributed by atoms with Gasteiger partial charge in [0.15, 0.2) is 17.5 Å². The molecule has 7 heteroatoms. The van der Waals surface area contributed by atoms with Crippen LogP contribution in [0.15, 0.2) is 41.5 Å². The number of nitrogens with zero attached hydrogens (tertiary/aromatic N) is 2. The van der Waals surface area contributed by atoms with Gasteiger partial charge in [0.25, 0.3) is 0 Å². The molecule has 0 aliphatic carbocycles. The molecule has 0 saturated carbocycles. The molecule has 1 aromatic heterocycles. The molecule has 2 N–H and O–H groups in total. The number of rotatable bonds is 10. The van der Waals surface area contributed by atoms with Crippen LogP contribution < -0.4 is 20.1 Å². The Balaban J connectivity index is 0.00000450.